The number of benzene rings is 1. The van der Waals surface area contributed by atoms with Crippen LogP contribution in [0.25, 0.3) is 0 Å². The number of methoxy groups -OCH3 is 2. The third kappa shape index (κ3) is 5.76. The molecule has 28 heavy (non-hydrogen) atoms. The zero-order valence-electron chi connectivity index (χ0n) is 17.0. The van der Waals surface area contributed by atoms with E-state index in [4.69, 9.17) is 14.2 Å². The average Bonchev–Trinajstić information content (AvgIpc) is 2.66. The second-order valence-corrected chi connectivity index (χ2v) is 7.77. The van der Waals surface area contributed by atoms with Crippen LogP contribution in [0, 0.1) is 11.3 Å². The van der Waals surface area contributed by atoms with Gasteiger partial charge in [0.15, 0.2) is 0 Å². The number of hydrogen-bond donors (Lipinski definition) is 0. The van der Waals surface area contributed by atoms with Gasteiger partial charge < -0.3 is 14.2 Å². The molecule has 1 aromatic rings. The zero-order valence-corrected chi connectivity index (χ0v) is 17.0. The summed E-state index contributed by atoms with van der Waals surface area (Å²) in [5, 5.41) is 4.29. The van der Waals surface area contributed by atoms with Crippen molar-refractivity contribution in [3.63, 3.8) is 0 Å². The van der Waals surface area contributed by atoms with Gasteiger partial charge in [0.1, 0.15) is 23.2 Å². The number of hydrogen-bond acceptors (Lipinski definition) is 8. The molecule has 0 amide bonds. The van der Waals surface area contributed by atoms with Crippen LogP contribution in [-0.4, -0.2) is 32.4 Å². The average molecular weight is 396 g/mol. The molecule has 0 spiro atoms. The van der Waals surface area contributed by atoms with Crippen molar-refractivity contribution in [2.75, 3.05) is 14.2 Å². The smallest absolute Gasteiger partial charge is 0.496 e. The highest BCUT2D eigenvalue weighted by Crippen LogP contribution is 2.38. The Bertz CT molecular complexity index is 649. The van der Waals surface area contributed by atoms with Gasteiger partial charge in [-0.15, -0.1) is 0 Å². The lowest BCUT2D eigenvalue weighted by Crippen LogP contribution is -2.30. The molecule has 0 aliphatic heterocycles. The molecule has 1 aliphatic carbocycles. The summed E-state index contributed by atoms with van der Waals surface area (Å²) in [6.45, 7) is 6.64. The van der Waals surface area contributed by atoms with Crippen LogP contribution in [0.4, 0.5) is 4.79 Å². The van der Waals surface area contributed by atoms with Crippen molar-refractivity contribution >= 4 is 12.1 Å². The molecule has 1 saturated carbocycles. The molecule has 0 bridgehead atoms. The van der Waals surface area contributed by atoms with Gasteiger partial charge in [-0.3, -0.25) is 4.89 Å². The summed E-state index contributed by atoms with van der Waals surface area (Å²) in [6.07, 6.45) is 2.18. The van der Waals surface area contributed by atoms with E-state index in [0.29, 0.717) is 5.92 Å². The Morgan fingerprint density at radius 1 is 0.929 bits per heavy atom. The Hall–Kier alpha value is -2.48. The summed E-state index contributed by atoms with van der Waals surface area (Å²) in [5.74, 6) is 0.112. The summed E-state index contributed by atoms with van der Waals surface area (Å²) in [5.41, 5.74) is 0.243. The SMILES string of the molecule is COc1cccc(OC)c1C(=O)OOOC(=O)OC1CCC(C(C)(C)C)CC1. The van der Waals surface area contributed by atoms with E-state index in [1.807, 2.05) is 0 Å². The summed E-state index contributed by atoms with van der Waals surface area (Å²) < 4.78 is 15.4. The van der Waals surface area contributed by atoms with Crippen LogP contribution in [0.2, 0.25) is 0 Å². The highest BCUT2D eigenvalue weighted by Gasteiger charge is 2.31. The van der Waals surface area contributed by atoms with Gasteiger partial charge in [0.25, 0.3) is 0 Å². The minimum atomic E-state index is -1.06. The van der Waals surface area contributed by atoms with Gasteiger partial charge in [0.2, 0.25) is 0 Å². The van der Waals surface area contributed by atoms with Gasteiger partial charge in [0.05, 0.1) is 19.3 Å². The van der Waals surface area contributed by atoms with E-state index < -0.39 is 12.1 Å². The first-order valence-electron chi connectivity index (χ1n) is 9.23. The summed E-state index contributed by atoms with van der Waals surface area (Å²) in [4.78, 5) is 32.8. The lowest BCUT2D eigenvalue weighted by atomic mass is 9.72. The van der Waals surface area contributed by atoms with Gasteiger partial charge >= 0.3 is 12.1 Å². The Morgan fingerprint density at radius 2 is 1.50 bits per heavy atom. The first-order chi connectivity index (χ1) is 13.3. The minimum Gasteiger partial charge on any atom is -0.496 e. The molecule has 0 saturated heterocycles. The van der Waals surface area contributed by atoms with Crippen molar-refractivity contribution in [1.82, 2.24) is 0 Å². The standard InChI is InChI=1S/C20H28O8/c1-20(2,3)13-9-11-14(12-10-13)25-19(22)27-28-26-18(21)17-15(23-4)7-6-8-16(17)24-5/h6-8,13-14H,9-12H2,1-5H3. The largest absolute Gasteiger partial charge is 0.543 e. The van der Waals surface area contributed by atoms with E-state index in [-0.39, 0.29) is 28.6 Å². The lowest BCUT2D eigenvalue weighted by molar-refractivity contribution is -0.453. The van der Waals surface area contributed by atoms with Gasteiger partial charge in [-0.05, 0) is 49.1 Å². The van der Waals surface area contributed by atoms with E-state index >= 15 is 0 Å². The van der Waals surface area contributed by atoms with E-state index in [1.54, 1.807) is 18.2 Å². The number of carbonyl (C=O) groups is 2. The van der Waals surface area contributed by atoms with Crippen LogP contribution in [0.5, 0.6) is 11.5 Å². The van der Waals surface area contributed by atoms with E-state index in [9.17, 15) is 9.59 Å². The minimum absolute atomic E-state index is 0.00460. The number of ether oxygens (including phenoxy) is 3. The van der Waals surface area contributed by atoms with Crippen LogP contribution >= 0.6 is 0 Å². The van der Waals surface area contributed by atoms with Crippen LogP contribution in [0.15, 0.2) is 18.2 Å². The quantitative estimate of drug-likeness (QED) is 0.395. The molecule has 1 aromatic carbocycles. The van der Waals surface area contributed by atoms with Crippen LogP contribution in [0.1, 0.15) is 56.8 Å². The summed E-state index contributed by atoms with van der Waals surface area (Å²) in [6, 6.07) is 4.77. The van der Waals surface area contributed by atoms with Gasteiger partial charge in [-0.25, -0.2) is 14.5 Å². The number of carbonyl (C=O) groups excluding carboxylic acids is 2. The Morgan fingerprint density at radius 3 is 2.00 bits per heavy atom. The fourth-order valence-electron chi connectivity index (χ4n) is 3.37. The third-order valence-corrected chi connectivity index (χ3v) is 5.01. The molecule has 0 atom stereocenters. The van der Waals surface area contributed by atoms with Gasteiger partial charge in [-0.2, -0.15) is 0 Å². The van der Waals surface area contributed by atoms with Crippen molar-refractivity contribution in [3.8, 4) is 11.5 Å². The normalized spacial score (nSPS) is 19.5. The molecular formula is C20H28O8. The predicted molar refractivity (Wildman–Crippen MR) is 98.8 cm³/mol. The highest BCUT2D eigenvalue weighted by atomic mass is 17.5. The molecule has 0 unspecified atom stereocenters. The lowest BCUT2D eigenvalue weighted by Gasteiger charge is -2.36. The Balaban J connectivity index is 1.78. The molecule has 2 rings (SSSR count). The second kappa shape index (κ2) is 9.64. The van der Waals surface area contributed by atoms with Crippen molar-refractivity contribution in [3.05, 3.63) is 23.8 Å². The van der Waals surface area contributed by atoms with Crippen LogP contribution in [0.3, 0.4) is 0 Å². The maximum absolute atomic E-state index is 12.2. The molecular weight excluding hydrogens is 368 g/mol. The molecule has 1 aliphatic rings. The molecule has 8 heteroatoms. The molecule has 1 fully saturated rings. The second-order valence-electron chi connectivity index (χ2n) is 7.77. The Labute approximate surface area is 164 Å². The topological polar surface area (TPSA) is 89.5 Å². The van der Waals surface area contributed by atoms with E-state index in [1.165, 1.54) is 14.2 Å². The molecule has 8 nitrogen and oxygen atoms in total. The predicted octanol–water partition coefficient (Wildman–Crippen LogP) is 4.47. The van der Waals surface area contributed by atoms with E-state index in [2.05, 4.69) is 35.6 Å². The summed E-state index contributed by atoms with van der Waals surface area (Å²) >= 11 is 0. The highest BCUT2D eigenvalue weighted by molar-refractivity contribution is 5.95. The Kier molecular flexibility index (Phi) is 7.51. The van der Waals surface area contributed by atoms with E-state index in [0.717, 1.165) is 25.7 Å². The fourth-order valence-corrected chi connectivity index (χ4v) is 3.37. The van der Waals surface area contributed by atoms with Crippen LogP contribution < -0.4 is 9.47 Å². The zero-order chi connectivity index (χ0) is 20.7. The van der Waals surface area contributed by atoms with Crippen molar-refractivity contribution in [1.29, 1.82) is 0 Å². The summed E-state index contributed by atoms with van der Waals surface area (Å²) in [7, 11) is 2.79. The monoisotopic (exact) mass is 396 g/mol. The first kappa shape index (κ1) is 21.8. The first-order valence-corrected chi connectivity index (χ1v) is 9.23. The van der Waals surface area contributed by atoms with Crippen molar-refractivity contribution in [2.45, 2.75) is 52.6 Å². The maximum atomic E-state index is 12.2. The van der Waals surface area contributed by atoms with Gasteiger partial charge in [-0.1, -0.05) is 26.8 Å². The molecule has 0 heterocycles. The fraction of sp³-hybridized carbons (Fsp3) is 0.600. The molecule has 156 valence electrons. The van der Waals surface area contributed by atoms with Gasteiger partial charge in [0, 0.05) is 0 Å². The van der Waals surface area contributed by atoms with Crippen LogP contribution in [-0.2, 0) is 19.6 Å². The third-order valence-electron chi connectivity index (χ3n) is 5.01. The van der Waals surface area contributed by atoms with Crippen molar-refractivity contribution in [2.24, 2.45) is 11.3 Å². The number of rotatable bonds is 6. The molecule has 0 radical (unpaired) electrons. The van der Waals surface area contributed by atoms with Crippen molar-refractivity contribution < 1.29 is 38.6 Å². The molecule has 0 N–H and O–H groups in total. The maximum Gasteiger partial charge on any atom is 0.543 e. The molecule has 0 aromatic heterocycles.